The molecule has 1 aromatic rings. The van der Waals surface area contributed by atoms with Gasteiger partial charge in [0.2, 0.25) is 0 Å². The normalized spacial score (nSPS) is 15.4. The lowest BCUT2D eigenvalue weighted by molar-refractivity contribution is -0.159. The Morgan fingerprint density at radius 1 is 1.30 bits per heavy atom. The molecule has 0 aliphatic rings. The Kier molecular flexibility index (Phi) is 6.21. The van der Waals surface area contributed by atoms with Crippen LogP contribution in [0.15, 0.2) is 24.3 Å². The van der Waals surface area contributed by atoms with Crippen LogP contribution in [0.5, 0.6) is 0 Å². The highest BCUT2D eigenvalue weighted by molar-refractivity contribution is 5.74. The van der Waals surface area contributed by atoms with E-state index in [-0.39, 0.29) is 5.97 Å². The van der Waals surface area contributed by atoms with Gasteiger partial charge < -0.3 is 9.84 Å². The Morgan fingerprint density at radius 3 is 2.40 bits per heavy atom. The van der Waals surface area contributed by atoms with E-state index in [0.29, 0.717) is 13.0 Å². The molecule has 0 saturated carbocycles. The minimum Gasteiger partial charge on any atom is -0.465 e. The SMILES string of the molecule is CCCCOC(=O)C(CC)C(C)(O)c1ccc(C)cc1. The summed E-state index contributed by atoms with van der Waals surface area (Å²) in [6.07, 6.45) is 2.39. The molecule has 1 aromatic carbocycles. The summed E-state index contributed by atoms with van der Waals surface area (Å²) in [5, 5.41) is 10.8. The molecule has 1 rings (SSSR count). The molecule has 0 aliphatic carbocycles. The van der Waals surface area contributed by atoms with E-state index in [1.807, 2.05) is 45.0 Å². The van der Waals surface area contributed by atoms with Crippen molar-refractivity contribution in [2.75, 3.05) is 6.61 Å². The maximum Gasteiger partial charge on any atom is 0.312 e. The minimum absolute atomic E-state index is 0.313. The third kappa shape index (κ3) is 4.07. The first-order valence-corrected chi connectivity index (χ1v) is 7.39. The summed E-state index contributed by atoms with van der Waals surface area (Å²) in [6, 6.07) is 7.63. The second-order valence-electron chi connectivity index (χ2n) is 5.50. The van der Waals surface area contributed by atoms with Crippen molar-refractivity contribution >= 4 is 5.97 Å². The van der Waals surface area contributed by atoms with E-state index < -0.39 is 11.5 Å². The van der Waals surface area contributed by atoms with Crippen molar-refractivity contribution in [2.45, 2.75) is 52.6 Å². The van der Waals surface area contributed by atoms with Crippen LogP contribution in [0.2, 0.25) is 0 Å². The van der Waals surface area contributed by atoms with E-state index in [1.165, 1.54) is 0 Å². The number of esters is 1. The lowest BCUT2D eigenvalue weighted by Gasteiger charge is -2.31. The van der Waals surface area contributed by atoms with E-state index >= 15 is 0 Å². The van der Waals surface area contributed by atoms with Gasteiger partial charge in [0.25, 0.3) is 0 Å². The number of carbonyl (C=O) groups is 1. The average molecular weight is 278 g/mol. The van der Waals surface area contributed by atoms with E-state index in [9.17, 15) is 9.90 Å². The van der Waals surface area contributed by atoms with Gasteiger partial charge in [-0.1, -0.05) is 50.1 Å². The largest absolute Gasteiger partial charge is 0.465 e. The minimum atomic E-state index is -1.20. The van der Waals surface area contributed by atoms with Gasteiger partial charge in [-0.2, -0.15) is 0 Å². The molecular formula is C17H26O3. The summed E-state index contributed by atoms with van der Waals surface area (Å²) < 4.78 is 5.27. The molecular weight excluding hydrogens is 252 g/mol. The monoisotopic (exact) mass is 278 g/mol. The summed E-state index contributed by atoms with van der Waals surface area (Å²) in [4.78, 5) is 12.2. The van der Waals surface area contributed by atoms with Gasteiger partial charge in [0, 0.05) is 0 Å². The van der Waals surface area contributed by atoms with E-state index in [2.05, 4.69) is 0 Å². The highest BCUT2D eigenvalue weighted by Crippen LogP contribution is 2.32. The summed E-state index contributed by atoms with van der Waals surface area (Å²) in [5.41, 5.74) is 0.677. The summed E-state index contributed by atoms with van der Waals surface area (Å²) in [6.45, 7) is 8.06. The van der Waals surface area contributed by atoms with Crippen LogP contribution in [-0.4, -0.2) is 17.7 Å². The van der Waals surface area contributed by atoms with Gasteiger partial charge in [0.05, 0.1) is 12.5 Å². The van der Waals surface area contributed by atoms with Crippen molar-refractivity contribution in [3.63, 3.8) is 0 Å². The molecule has 0 heterocycles. The third-order valence-corrected chi connectivity index (χ3v) is 3.75. The molecule has 2 unspecified atom stereocenters. The van der Waals surface area contributed by atoms with Crippen molar-refractivity contribution in [1.29, 1.82) is 0 Å². The molecule has 0 aromatic heterocycles. The van der Waals surface area contributed by atoms with E-state index in [0.717, 1.165) is 24.0 Å². The van der Waals surface area contributed by atoms with Crippen LogP contribution in [-0.2, 0) is 15.1 Å². The highest BCUT2D eigenvalue weighted by Gasteiger charge is 2.38. The van der Waals surface area contributed by atoms with Gasteiger partial charge in [-0.15, -0.1) is 0 Å². The molecule has 3 heteroatoms. The average Bonchev–Trinajstić information content (AvgIpc) is 2.40. The lowest BCUT2D eigenvalue weighted by Crippen LogP contribution is -2.38. The van der Waals surface area contributed by atoms with Gasteiger partial charge in [-0.3, -0.25) is 4.79 Å². The van der Waals surface area contributed by atoms with Crippen molar-refractivity contribution in [3.05, 3.63) is 35.4 Å². The van der Waals surface area contributed by atoms with Crippen LogP contribution in [0.1, 0.15) is 51.2 Å². The third-order valence-electron chi connectivity index (χ3n) is 3.75. The molecule has 1 N–H and O–H groups in total. The topological polar surface area (TPSA) is 46.5 Å². The Morgan fingerprint density at radius 2 is 1.90 bits per heavy atom. The van der Waals surface area contributed by atoms with Crippen LogP contribution < -0.4 is 0 Å². The van der Waals surface area contributed by atoms with Crippen molar-refractivity contribution in [1.82, 2.24) is 0 Å². The van der Waals surface area contributed by atoms with Gasteiger partial charge in [0.15, 0.2) is 0 Å². The van der Waals surface area contributed by atoms with Gasteiger partial charge >= 0.3 is 5.97 Å². The molecule has 0 bridgehead atoms. The maximum atomic E-state index is 12.2. The molecule has 20 heavy (non-hydrogen) atoms. The fourth-order valence-corrected chi connectivity index (χ4v) is 2.30. The molecule has 3 nitrogen and oxygen atoms in total. The highest BCUT2D eigenvalue weighted by atomic mass is 16.5. The van der Waals surface area contributed by atoms with Crippen LogP contribution in [0.25, 0.3) is 0 Å². The summed E-state index contributed by atoms with van der Waals surface area (Å²) in [7, 11) is 0. The molecule has 112 valence electrons. The van der Waals surface area contributed by atoms with Crippen molar-refractivity contribution in [2.24, 2.45) is 5.92 Å². The van der Waals surface area contributed by atoms with Crippen molar-refractivity contribution < 1.29 is 14.6 Å². The zero-order valence-electron chi connectivity index (χ0n) is 13.0. The van der Waals surface area contributed by atoms with Gasteiger partial charge in [0.1, 0.15) is 5.60 Å². The quantitative estimate of drug-likeness (QED) is 0.612. The smallest absolute Gasteiger partial charge is 0.312 e. The molecule has 2 atom stereocenters. The number of hydrogen-bond donors (Lipinski definition) is 1. The first kappa shape index (κ1) is 16.7. The van der Waals surface area contributed by atoms with Crippen LogP contribution in [0.3, 0.4) is 0 Å². The fourth-order valence-electron chi connectivity index (χ4n) is 2.30. The molecule has 0 saturated heterocycles. The number of carbonyl (C=O) groups excluding carboxylic acids is 1. The standard InChI is InChI=1S/C17H26O3/c1-5-7-12-20-16(18)15(6-2)17(4,19)14-10-8-13(3)9-11-14/h8-11,15,19H,5-7,12H2,1-4H3. The first-order valence-electron chi connectivity index (χ1n) is 7.39. The Bertz CT molecular complexity index is 420. The number of aryl methyl sites for hydroxylation is 1. The Labute approximate surface area is 122 Å². The second-order valence-corrected chi connectivity index (χ2v) is 5.50. The first-order chi connectivity index (χ1) is 9.43. The predicted octanol–water partition coefficient (Wildman–Crippen LogP) is 3.57. The summed E-state index contributed by atoms with van der Waals surface area (Å²) >= 11 is 0. The molecule has 0 amide bonds. The Balaban J connectivity index is 2.85. The van der Waals surface area contributed by atoms with Crippen LogP contribution in [0.4, 0.5) is 0 Å². The summed E-state index contributed by atoms with van der Waals surface area (Å²) in [5.74, 6) is -0.853. The Hall–Kier alpha value is -1.35. The number of aliphatic hydroxyl groups is 1. The number of hydrogen-bond acceptors (Lipinski definition) is 3. The number of benzene rings is 1. The lowest BCUT2D eigenvalue weighted by atomic mass is 9.81. The molecule has 0 fully saturated rings. The van der Waals surface area contributed by atoms with Gasteiger partial charge in [-0.25, -0.2) is 0 Å². The number of rotatable bonds is 7. The zero-order chi connectivity index (χ0) is 15.2. The van der Waals surface area contributed by atoms with Crippen LogP contribution >= 0.6 is 0 Å². The van der Waals surface area contributed by atoms with Gasteiger partial charge in [-0.05, 0) is 32.3 Å². The van der Waals surface area contributed by atoms with E-state index in [4.69, 9.17) is 4.74 Å². The molecule has 0 spiro atoms. The van der Waals surface area contributed by atoms with Crippen LogP contribution in [0, 0.1) is 12.8 Å². The molecule has 0 radical (unpaired) electrons. The molecule has 0 aliphatic heterocycles. The number of ether oxygens (including phenoxy) is 1. The fraction of sp³-hybridized carbons (Fsp3) is 0.588. The van der Waals surface area contributed by atoms with E-state index in [1.54, 1.807) is 6.92 Å². The zero-order valence-corrected chi connectivity index (χ0v) is 13.0. The second kappa shape index (κ2) is 7.44. The number of unbranched alkanes of at least 4 members (excludes halogenated alkanes) is 1. The predicted molar refractivity (Wildman–Crippen MR) is 80.4 cm³/mol. The maximum absolute atomic E-state index is 12.2. The van der Waals surface area contributed by atoms with Crippen molar-refractivity contribution in [3.8, 4) is 0 Å².